The molecule has 0 saturated heterocycles. The van der Waals surface area contributed by atoms with Crippen molar-refractivity contribution in [1.29, 1.82) is 0 Å². The van der Waals surface area contributed by atoms with Crippen molar-refractivity contribution in [1.82, 2.24) is 5.32 Å². The van der Waals surface area contributed by atoms with Gasteiger partial charge in [-0.2, -0.15) is 0 Å². The van der Waals surface area contributed by atoms with E-state index in [-0.39, 0.29) is 5.91 Å². The molecule has 0 saturated carbocycles. The highest BCUT2D eigenvalue weighted by Crippen LogP contribution is 2.26. The van der Waals surface area contributed by atoms with Crippen LogP contribution in [0.15, 0.2) is 24.3 Å². The highest BCUT2D eigenvalue weighted by Gasteiger charge is 2.23. The average molecular weight is 279 g/mol. The Bertz CT molecular complexity index is 444. The molecule has 0 unspecified atom stereocenters. The predicted molar refractivity (Wildman–Crippen MR) is 79.7 cm³/mol. The van der Waals surface area contributed by atoms with Gasteiger partial charge in [0.1, 0.15) is 0 Å². The van der Waals surface area contributed by atoms with Gasteiger partial charge in [0, 0.05) is 12.6 Å². The number of nitrogens with one attached hydrogen (secondary N) is 1. The summed E-state index contributed by atoms with van der Waals surface area (Å²) in [6.45, 7) is 7.97. The third kappa shape index (κ3) is 4.94. The van der Waals surface area contributed by atoms with Gasteiger partial charge in [0.2, 0.25) is 0 Å². The first-order valence-corrected chi connectivity index (χ1v) is 6.85. The highest BCUT2D eigenvalue weighted by molar-refractivity contribution is 5.93. The lowest BCUT2D eigenvalue weighted by Crippen LogP contribution is -2.27. The van der Waals surface area contributed by atoms with E-state index >= 15 is 0 Å². The molecule has 0 spiro atoms. The molecule has 112 valence electrons. The van der Waals surface area contributed by atoms with Crippen LogP contribution in [0.2, 0.25) is 0 Å². The van der Waals surface area contributed by atoms with Crippen LogP contribution >= 0.6 is 0 Å². The first kappa shape index (κ1) is 16.7. The zero-order valence-corrected chi connectivity index (χ0v) is 13.0. The Morgan fingerprint density at radius 2 is 1.75 bits per heavy atom. The summed E-state index contributed by atoms with van der Waals surface area (Å²) >= 11 is 0. The fourth-order valence-electron chi connectivity index (χ4n) is 1.81. The molecule has 4 nitrogen and oxygen atoms in total. The van der Waals surface area contributed by atoms with Crippen molar-refractivity contribution < 1.29 is 14.6 Å². The Balaban J connectivity index is 2.70. The molecule has 0 aliphatic rings. The number of aliphatic hydroxyl groups is 1. The molecular weight excluding hydrogens is 254 g/mol. The lowest BCUT2D eigenvalue weighted by Gasteiger charge is -2.28. The summed E-state index contributed by atoms with van der Waals surface area (Å²) in [6.07, 6.45) is 0.576. The SMILES string of the molecule is CNC(=O)c1ccc(C(C)(C)OCCC(C)(C)O)cc1. The molecule has 2 N–H and O–H groups in total. The van der Waals surface area contributed by atoms with E-state index in [1.807, 2.05) is 26.0 Å². The minimum absolute atomic E-state index is 0.0997. The summed E-state index contributed by atoms with van der Waals surface area (Å²) in [5, 5.41) is 12.3. The molecule has 1 amide bonds. The molecule has 0 aliphatic heterocycles. The number of amides is 1. The fourth-order valence-corrected chi connectivity index (χ4v) is 1.81. The average Bonchev–Trinajstić information content (AvgIpc) is 2.36. The van der Waals surface area contributed by atoms with Crippen LogP contribution < -0.4 is 5.32 Å². The van der Waals surface area contributed by atoms with Crippen LogP contribution in [0.1, 0.15) is 50.0 Å². The Morgan fingerprint density at radius 1 is 1.20 bits per heavy atom. The second-order valence-corrected chi connectivity index (χ2v) is 6.08. The van der Waals surface area contributed by atoms with Crippen molar-refractivity contribution in [2.75, 3.05) is 13.7 Å². The van der Waals surface area contributed by atoms with E-state index in [2.05, 4.69) is 5.32 Å². The zero-order valence-electron chi connectivity index (χ0n) is 13.0. The van der Waals surface area contributed by atoms with Crippen LogP contribution in [0.3, 0.4) is 0 Å². The fraction of sp³-hybridized carbons (Fsp3) is 0.562. The van der Waals surface area contributed by atoms with E-state index in [0.717, 1.165) is 5.56 Å². The topological polar surface area (TPSA) is 58.6 Å². The first-order valence-electron chi connectivity index (χ1n) is 6.85. The maximum atomic E-state index is 11.5. The van der Waals surface area contributed by atoms with Crippen LogP contribution in [0, 0.1) is 0 Å². The number of rotatable bonds is 6. The van der Waals surface area contributed by atoms with Crippen LogP contribution in [0.25, 0.3) is 0 Å². The summed E-state index contributed by atoms with van der Waals surface area (Å²) < 4.78 is 5.86. The van der Waals surface area contributed by atoms with Crippen molar-refractivity contribution >= 4 is 5.91 Å². The molecule has 4 heteroatoms. The predicted octanol–water partition coefficient (Wildman–Crippen LogP) is 2.46. The summed E-state index contributed by atoms with van der Waals surface area (Å²) in [4.78, 5) is 11.5. The van der Waals surface area contributed by atoms with Gasteiger partial charge in [0.15, 0.2) is 0 Å². The summed E-state index contributed by atoms with van der Waals surface area (Å²) in [6, 6.07) is 7.37. The maximum absolute atomic E-state index is 11.5. The van der Waals surface area contributed by atoms with Crippen molar-refractivity contribution in [3.63, 3.8) is 0 Å². The molecule has 0 atom stereocenters. The normalized spacial score (nSPS) is 12.3. The van der Waals surface area contributed by atoms with Crippen molar-refractivity contribution in [2.24, 2.45) is 0 Å². The number of benzene rings is 1. The van der Waals surface area contributed by atoms with Crippen LogP contribution in [-0.4, -0.2) is 30.3 Å². The molecule has 1 rings (SSSR count). The van der Waals surface area contributed by atoms with Gasteiger partial charge in [0.05, 0.1) is 17.8 Å². The van der Waals surface area contributed by atoms with E-state index in [4.69, 9.17) is 4.74 Å². The zero-order chi connectivity index (χ0) is 15.4. The van der Waals surface area contributed by atoms with Gasteiger partial charge < -0.3 is 15.2 Å². The minimum atomic E-state index is -0.723. The lowest BCUT2D eigenvalue weighted by atomic mass is 9.96. The van der Waals surface area contributed by atoms with Gasteiger partial charge in [-0.3, -0.25) is 4.79 Å². The highest BCUT2D eigenvalue weighted by atomic mass is 16.5. The largest absolute Gasteiger partial charge is 0.390 e. The molecule has 0 radical (unpaired) electrons. The smallest absolute Gasteiger partial charge is 0.251 e. The van der Waals surface area contributed by atoms with Crippen LogP contribution in [-0.2, 0) is 10.3 Å². The Labute approximate surface area is 121 Å². The second-order valence-electron chi connectivity index (χ2n) is 6.08. The molecule has 20 heavy (non-hydrogen) atoms. The van der Waals surface area contributed by atoms with E-state index in [0.29, 0.717) is 18.6 Å². The van der Waals surface area contributed by atoms with Gasteiger partial charge in [-0.1, -0.05) is 12.1 Å². The van der Waals surface area contributed by atoms with Crippen LogP contribution in [0.4, 0.5) is 0 Å². The molecule has 0 aliphatic carbocycles. The van der Waals surface area contributed by atoms with E-state index in [1.165, 1.54) is 0 Å². The number of hydrogen-bond donors (Lipinski definition) is 2. The standard InChI is InChI=1S/C16H25NO3/c1-15(2,19)10-11-20-16(3,4)13-8-6-12(7-9-13)14(18)17-5/h6-9,19H,10-11H2,1-5H3,(H,17,18). The molecule has 0 aromatic heterocycles. The Hall–Kier alpha value is -1.39. The number of carbonyl (C=O) groups is 1. The molecular formula is C16H25NO3. The Morgan fingerprint density at radius 3 is 2.20 bits per heavy atom. The molecule has 1 aromatic carbocycles. The minimum Gasteiger partial charge on any atom is -0.390 e. The lowest BCUT2D eigenvalue weighted by molar-refractivity contribution is -0.0494. The quantitative estimate of drug-likeness (QED) is 0.841. The van der Waals surface area contributed by atoms with Gasteiger partial charge >= 0.3 is 0 Å². The molecule has 0 fully saturated rings. The molecule has 0 heterocycles. The van der Waals surface area contributed by atoms with Gasteiger partial charge in [-0.05, 0) is 51.8 Å². The second kappa shape index (κ2) is 6.37. The maximum Gasteiger partial charge on any atom is 0.251 e. The first-order chi connectivity index (χ1) is 9.15. The van der Waals surface area contributed by atoms with Crippen molar-refractivity contribution in [3.8, 4) is 0 Å². The summed E-state index contributed by atoms with van der Waals surface area (Å²) in [5.74, 6) is -0.0997. The Kier molecular flexibility index (Phi) is 5.31. The van der Waals surface area contributed by atoms with E-state index in [1.54, 1.807) is 33.0 Å². The van der Waals surface area contributed by atoms with E-state index < -0.39 is 11.2 Å². The third-order valence-electron chi connectivity index (χ3n) is 3.25. The molecule has 0 bridgehead atoms. The van der Waals surface area contributed by atoms with Gasteiger partial charge in [0.25, 0.3) is 5.91 Å². The number of hydrogen-bond acceptors (Lipinski definition) is 3. The van der Waals surface area contributed by atoms with Gasteiger partial charge in [-0.25, -0.2) is 0 Å². The summed E-state index contributed by atoms with van der Waals surface area (Å²) in [7, 11) is 1.61. The van der Waals surface area contributed by atoms with Crippen molar-refractivity contribution in [2.45, 2.75) is 45.3 Å². The van der Waals surface area contributed by atoms with Crippen LogP contribution in [0.5, 0.6) is 0 Å². The number of ether oxygens (including phenoxy) is 1. The van der Waals surface area contributed by atoms with Crippen molar-refractivity contribution in [3.05, 3.63) is 35.4 Å². The monoisotopic (exact) mass is 279 g/mol. The summed E-state index contributed by atoms with van der Waals surface area (Å²) in [5.41, 5.74) is 0.454. The number of carbonyl (C=O) groups excluding carboxylic acids is 1. The molecule has 1 aromatic rings. The third-order valence-corrected chi connectivity index (χ3v) is 3.25. The van der Waals surface area contributed by atoms with Gasteiger partial charge in [-0.15, -0.1) is 0 Å². The van der Waals surface area contributed by atoms with E-state index in [9.17, 15) is 9.90 Å².